The largest absolute Gasteiger partial charge is 0.383 e. The van der Waals surface area contributed by atoms with Crippen molar-refractivity contribution in [2.24, 2.45) is 0 Å². The Hall–Kier alpha value is -0.550. The van der Waals surface area contributed by atoms with Crippen molar-refractivity contribution in [2.45, 2.75) is 37.3 Å². The van der Waals surface area contributed by atoms with E-state index in [1.807, 2.05) is 11.8 Å². The van der Waals surface area contributed by atoms with Crippen LogP contribution in [0.15, 0.2) is 23.1 Å². The lowest BCUT2D eigenvalue weighted by Gasteiger charge is -2.11. The zero-order chi connectivity index (χ0) is 14.2. The Kier molecular flexibility index (Phi) is 6.87. The molecule has 1 aromatic rings. The van der Waals surface area contributed by atoms with Gasteiger partial charge in [0.25, 0.3) is 0 Å². The van der Waals surface area contributed by atoms with Crippen LogP contribution in [0.1, 0.15) is 24.0 Å². The summed E-state index contributed by atoms with van der Waals surface area (Å²) < 4.78 is 10.7. The van der Waals surface area contributed by atoms with Crippen LogP contribution in [-0.4, -0.2) is 38.7 Å². The van der Waals surface area contributed by atoms with E-state index in [2.05, 4.69) is 30.4 Å². The van der Waals surface area contributed by atoms with Gasteiger partial charge in [0.15, 0.2) is 0 Å². The highest BCUT2D eigenvalue weighted by Gasteiger charge is 2.15. The van der Waals surface area contributed by atoms with Crippen LogP contribution in [0.3, 0.4) is 0 Å². The highest BCUT2D eigenvalue weighted by atomic mass is 32.2. The van der Waals surface area contributed by atoms with E-state index in [9.17, 15) is 0 Å². The maximum atomic E-state index is 5.66. The molecule has 0 aromatic heterocycles. The molecule has 0 saturated carbocycles. The highest BCUT2D eigenvalue weighted by Crippen LogP contribution is 2.25. The topological polar surface area (TPSA) is 30.5 Å². The minimum absolute atomic E-state index is 0.454. The number of hydrogen-bond acceptors (Lipinski definition) is 4. The zero-order valence-corrected chi connectivity index (χ0v) is 13.3. The van der Waals surface area contributed by atoms with Gasteiger partial charge in [0, 0.05) is 37.5 Å². The summed E-state index contributed by atoms with van der Waals surface area (Å²) >= 11 is 1.91. The van der Waals surface area contributed by atoms with Gasteiger partial charge >= 0.3 is 0 Å². The molecule has 0 spiro atoms. The third-order valence-electron chi connectivity index (χ3n) is 3.57. The van der Waals surface area contributed by atoms with E-state index >= 15 is 0 Å². The van der Waals surface area contributed by atoms with E-state index in [0.717, 1.165) is 32.1 Å². The highest BCUT2D eigenvalue weighted by molar-refractivity contribution is 7.99. The number of thioether (sulfide) groups is 1. The van der Waals surface area contributed by atoms with Crippen LogP contribution in [0, 0.1) is 6.92 Å². The molecule has 0 amide bonds. The van der Waals surface area contributed by atoms with Crippen molar-refractivity contribution in [2.75, 3.05) is 32.6 Å². The van der Waals surface area contributed by atoms with E-state index in [-0.39, 0.29) is 0 Å². The number of ether oxygens (including phenoxy) is 2. The van der Waals surface area contributed by atoms with E-state index < -0.39 is 0 Å². The van der Waals surface area contributed by atoms with Gasteiger partial charge in [-0.3, -0.25) is 0 Å². The second-order valence-electron chi connectivity index (χ2n) is 5.20. The van der Waals surface area contributed by atoms with Crippen molar-refractivity contribution in [3.8, 4) is 0 Å². The lowest BCUT2D eigenvalue weighted by atomic mass is 10.1. The standard InChI is InChI=1S/C16H25NO2S/c1-13-10-16(20-12-15-4-3-8-19-15)6-5-14(13)11-17-7-9-18-2/h5-6,10,15,17H,3-4,7-9,11-12H2,1-2H3. The molecule has 1 aliphatic heterocycles. The smallest absolute Gasteiger partial charge is 0.0669 e. The molecule has 1 fully saturated rings. The molecule has 3 nitrogen and oxygen atoms in total. The Balaban J connectivity index is 1.78. The Morgan fingerprint density at radius 1 is 1.45 bits per heavy atom. The van der Waals surface area contributed by atoms with Crippen molar-refractivity contribution in [1.82, 2.24) is 5.32 Å². The lowest BCUT2D eigenvalue weighted by molar-refractivity contribution is 0.129. The molecule has 1 aromatic carbocycles. The van der Waals surface area contributed by atoms with Crippen LogP contribution in [0.25, 0.3) is 0 Å². The first kappa shape index (κ1) is 15.8. The van der Waals surface area contributed by atoms with Crippen LogP contribution < -0.4 is 5.32 Å². The van der Waals surface area contributed by atoms with Crippen LogP contribution in [0.5, 0.6) is 0 Å². The fraction of sp³-hybridized carbons (Fsp3) is 0.625. The number of aryl methyl sites for hydroxylation is 1. The van der Waals surface area contributed by atoms with E-state index in [1.165, 1.54) is 28.9 Å². The number of hydrogen-bond donors (Lipinski definition) is 1. The third kappa shape index (κ3) is 5.09. The van der Waals surface area contributed by atoms with Gasteiger partial charge in [-0.1, -0.05) is 6.07 Å². The normalized spacial score (nSPS) is 18.6. The predicted octanol–water partition coefficient (Wildman–Crippen LogP) is 3.00. The van der Waals surface area contributed by atoms with Crippen LogP contribution in [-0.2, 0) is 16.0 Å². The summed E-state index contributed by atoms with van der Waals surface area (Å²) in [6, 6.07) is 6.74. The maximum Gasteiger partial charge on any atom is 0.0669 e. The first-order chi connectivity index (χ1) is 9.79. The molecule has 1 heterocycles. The molecule has 1 aliphatic rings. The lowest BCUT2D eigenvalue weighted by Crippen LogP contribution is -2.19. The average molecular weight is 295 g/mol. The predicted molar refractivity (Wildman–Crippen MR) is 84.5 cm³/mol. The molecule has 1 N–H and O–H groups in total. The van der Waals surface area contributed by atoms with Crippen LogP contribution in [0.2, 0.25) is 0 Å². The summed E-state index contributed by atoms with van der Waals surface area (Å²) in [5.41, 5.74) is 2.72. The fourth-order valence-corrected chi connectivity index (χ4v) is 3.38. The monoisotopic (exact) mass is 295 g/mol. The van der Waals surface area contributed by atoms with Gasteiger partial charge in [-0.25, -0.2) is 0 Å². The molecule has 112 valence electrons. The average Bonchev–Trinajstić information content (AvgIpc) is 2.96. The molecular formula is C16H25NO2S. The minimum Gasteiger partial charge on any atom is -0.383 e. The molecule has 1 unspecified atom stereocenters. The van der Waals surface area contributed by atoms with Crippen molar-refractivity contribution in [3.63, 3.8) is 0 Å². The maximum absolute atomic E-state index is 5.66. The number of rotatable bonds is 8. The molecule has 0 aliphatic carbocycles. The number of benzene rings is 1. The summed E-state index contributed by atoms with van der Waals surface area (Å²) in [4.78, 5) is 1.35. The molecule has 1 saturated heterocycles. The zero-order valence-electron chi connectivity index (χ0n) is 12.5. The fourth-order valence-electron chi connectivity index (χ4n) is 2.32. The summed E-state index contributed by atoms with van der Waals surface area (Å²) in [5.74, 6) is 1.07. The second-order valence-corrected chi connectivity index (χ2v) is 6.30. The molecule has 20 heavy (non-hydrogen) atoms. The summed E-state index contributed by atoms with van der Waals surface area (Å²) in [6.07, 6.45) is 2.89. The molecule has 2 rings (SSSR count). The van der Waals surface area contributed by atoms with E-state index in [4.69, 9.17) is 9.47 Å². The SMILES string of the molecule is COCCNCc1ccc(SCC2CCCO2)cc1C. The van der Waals surface area contributed by atoms with Gasteiger partial charge in [0.2, 0.25) is 0 Å². The van der Waals surface area contributed by atoms with Crippen molar-refractivity contribution in [3.05, 3.63) is 29.3 Å². The summed E-state index contributed by atoms with van der Waals surface area (Å²) in [5, 5.41) is 3.39. The van der Waals surface area contributed by atoms with E-state index in [1.54, 1.807) is 7.11 Å². The van der Waals surface area contributed by atoms with Crippen molar-refractivity contribution in [1.29, 1.82) is 0 Å². The van der Waals surface area contributed by atoms with Gasteiger partial charge in [0.05, 0.1) is 12.7 Å². The number of methoxy groups -OCH3 is 1. The quantitative estimate of drug-likeness (QED) is 0.590. The number of nitrogens with one attached hydrogen (secondary N) is 1. The Labute approximate surface area is 126 Å². The van der Waals surface area contributed by atoms with Crippen LogP contribution in [0.4, 0.5) is 0 Å². The van der Waals surface area contributed by atoms with Crippen LogP contribution >= 0.6 is 11.8 Å². The van der Waals surface area contributed by atoms with Gasteiger partial charge < -0.3 is 14.8 Å². The van der Waals surface area contributed by atoms with Gasteiger partial charge in [-0.05, 0) is 43.0 Å². The molecule has 0 radical (unpaired) electrons. The summed E-state index contributed by atoms with van der Waals surface area (Å²) in [6.45, 7) is 5.69. The second kappa shape index (κ2) is 8.67. The van der Waals surface area contributed by atoms with Crippen molar-refractivity contribution >= 4 is 11.8 Å². The summed E-state index contributed by atoms with van der Waals surface area (Å²) in [7, 11) is 1.73. The van der Waals surface area contributed by atoms with Gasteiger partial charge in [0.1, 0.15) is 0 Å². The first-order valence-corrected chi connectivity index (χ1v) is 8.31. The first-order valence-electron chi connectivity index (χ1n) is 7.33. The molecule has 4 heteroatoms. The Morgan fingerprint density at radius 3 is 3.05 bits per heavy atom. The van der Waals surface area contributed by atoms with E-state index in [0.29, 0.717) is 6.10 Å². The van der Waals surface area contributed by atoms with Gasteiger partial charge in [-0.15, -0.1) is 11.8 Å². The third-order valence-corrected chi connectivity index (χ3v) is 4.70. The van der Waals surface area contributed by atoms with Gasteiger partial charge in [-0.2, -0.15) is 0 Å². The molecule has 0 bridgehead atoms. The Morgan fingerprint density at radius 2 is 2.35 bits per heavy atom. The molecule has 1 atom stereocenters. The Bertz CT molecular complexity index is 405. The van der Waals surface area contributed by atoms with Crippen molar-refractivity contribution < 1.29 is 9.47 Å². The molecular weight excluding hydrogens is 270 g/mol. The minimum atomic E-state index is 0.454.